The van der Waals surface area contributed by atoms with Gasteiger partial charge in [0.1, 0.15) is 11.6 Å². The predicted octanol–water partition coefficient (Wildman–Crippen LogP) is 3.28. The SMILES string of the molecule is CN(C)c1ccc(-c2nccn2C[C@@H]2CCCN3CCCC[C@H]23)cn1. The van der Waals surface area contributed by atoms with Gasteiger partial charge in [-0.1, -0.05) is 6.42 Å². The van der Waals surface area contributed by atoms with E-state index in [1.807, 2.05) is 31.4 Å². The van der Waals surface area contributed by atoms with Gasteiger partial charge in [0.05, 0.1) is 0 Å². The summed E-state index contributed by atoms with van der Waals surface area (Å²) in [6.45, 7) is 3.67. The third-order valence-electron chi connectivity index (χ3n) is 5.84. The van der Waals surface area contributed by atoms with Crippen molar-refractivity contribution < 1.29 is 0 Å². The molecule has 0 bridgehead atoms. The maximum atomic E-state index is 4.63. The number of nitrogens with zero attached hydrogens (tertiary/aromatic N) is 5. The van der Waals surface area contributed by atoms with Crippen LogP contribution in [0.15, 0.2) is 30.7 Å². The number of hydrogen-bond acceptors (Lipinski definition) is 4. The van der Waals surface area contributed by atoms with E-state index >= 15 is 0 Å². The molecular formula is C20H29N5. The van der Waals surface area contributed by atoms with E-state index in [4.69, 9.17) is 0 Å². The van der Waals surface area contributed by atoms with E-state index in [2.05, 4.69) is 37.8 Å². The van der Waals surface area contributed by atoms with Crippen LogP contribution >= 0.6 is 0 Å². The molecule has 0 spiro atoms. The molecule has 0 aromatic carbocycles. The van der Waals surface area contributed by atoms with Crippen molar-refractivity contribution in [2.75, 3.05) is 32.1 Å². The van der Waals surface area contributed by atoms with Crippen LogP contribution in [0.4, 0.5) is 5.82 Å². The number of imidazole rings is 1. The number of rotatable bonds is 4. The van der Waals surface area contributed by atoms with Gasteiger partial charge in [-0.15, -0.1) is 0 Å². The van der Waals surface area contributed by atoms with E-state index in [-0.39, 0.29) is 0 Å². The molecule has 5 nitrogen and oxygen atoms in total. The van der Waals surface area contributed by atoms with Crippen molar-refractivity contribution in [2.24, 2.45) is 5.92 Å². The average Bonchev–Trinajstić information content (AvgIpc) is 3.10. The number of aromatic nitrogens is 3. The fraction of sp³-hybridized carbons (Fsp3) is 0.600. The van der Waals surface area contributed by atoms with E-state index < -0.39 is 0 Å². The summed E-state index contributed by atoms with van der Waals surface area (Å²) < 4.78 is 2.34. The standard InChI is InChI=1S/C20H29N5/c1-23(2)19-9-8-16(14-22-19)20-21-10-13-25(20)15-17-6-5-12-24-11-4-3-7-18(17)24/h8-10,13-14,17-18H,3-7,11-12,15H2,1-2H3/t17-,18+/m0/s1. The second-order valence-corrected chi connectivity index (χ2v) is 7.70. The summed E-state index contributed by atoms with van der Waals surface area (Å²) in [4.78, 5) is 13.9. The van der Waals surface area contributed by atoms with Gasteiger partial charge in [0.25, 0.3) is 0 Å². The van der Waals surface area contributed by atoms with Gasteiger partial charge in [-0.2, -0.15) is 0 Å². The highest BCUT2D eigenvalue weighted by Gasteiger charge is 2.33. The maximum Gasteiger partial charge on any atom is 0.141 e. The van der Waals surface area contributed by atoms with Crippen molar-refractivity contribution in [1.29, 1.82) is 0 Å². The van der Waals surface area contributed by atoms with Crippen molar-refractivity contribution in [1.82, 2.24) is 19.4 Å². The Hall–Kier alpha value is -1.88. The van der Waals surface area contributed by atoms with E-state index in [1.165, 1.54) is 45.2 Å². The summed E-state index contributed by atoms with van der Waals surface area (Å²) in [5.41, 5.74) is 1.10. The average molecular weight is 339 g/mol. The molecule has 5 heteroatoms. The zero-order valence-corrected chi connectivity index (χ0v) is 15.4. The van der Waals surface area contributed by atoms with Crippen molar-refractivity contribution in [3.63, 3.8) is 0 Å². The van der Waals surface area contributed by atoms with Crippen molar-refractivity contribution in [3.8, 4) is 11.4 Å². The summed E-state index contributed by atoms with van der Waals surface area (Å²) in [5.74, 6) is 2.77. The normalized spacial score (nSPS) is 24.1. The molecule has 0 unspecified atom stereocenters. The van der Waals surface area contributed by atoms with Crippen LogP contribution in [-0.4, -0.2) is 52.7 Å². The maximum absolute atomic E-state index is 4.63. The third kappa shape index (κ3) is 3.43. The lowest BCUT2D eigenvalue weighted by atomic mass is 9.83. The number of fused-ring (bicyclic) bond motifs is 1. The van der Waals surface area contributed by atoms with Gasteiger partial charge in [0.15, 0.2) is 0 Å². The molecule has 2 aromatic rings. The van der Waals surface area contributed by atoms with E-state index in [1.54, 1.807) is 0 Å². The monoisotopic (exact) mass is 339 g/mol. The lowest BCUT2D eigenvalue weighted by molar-refractivity contribution is 0.0521. The first-order chi connectivity index (χ1) is 12.2. The molecule has 2 atom stereocenters. The fourth-order valence-electron chi connectivity index (χ4n) is 4.54. The summed E-state index contributed by atoms with van der Waals surface area (Å²) >= 11 is 0. The van der Waals surface area contributed by atoms with Gasteiger partial charge >= 0.3 is 0 Å². The molecule has 4 heterocycles. The summed E-state index contributed by atoms with van der Waals surface area (Å²) in [6.07, 6.45) is 12.8. The zero-order valence-electron chi connectivity index (χ0n) is 15.4. The third-order valence-corrected chi connectivity index (χ3v) is 5.84. The van der Waals surface area contributed by atoms with Gasteiger partial charge in [-0.05, 0) is 56.8 Å². The van der Waals surface area contributed by atoms with Gasteiger partial charge in [0.2, 0.25) is 0 Å². The van der Waals surface area contributed by atoms with E-state index in [9.17, 15) is 0 Å². The highest BCUT2D eigenvalue weighted by atomic mass is 15.2. The molecule has 0 amide bonds. The molecule has 25 heavy (non-hydrogen) atoms. The van der Waals surface area contributed by atoms with Gasteiger partial charge in [-0.3, -0.25) is 0 Å². The molecule has 0 aliphatic carbocycles. The molecule has 2 fully saturated rings. The minimum absolute atomic E-state index is 0.746. The van der Waals surface area contributed by atoms with Crippen LogP contribution < -0.4 is 4.90 Å². The summed E-state index contributed by atoms with van der Waals surface area (Å²) in [7, 11) is 4.03. The summed E-state index contributed by atoms with van der Waals surface area (Å²) in [6, 6.07) is 4.97. The first kappa shape index (κ1) is 16.6. The second kappa shape index (κ2) is 7.16. The van der Waals surface area contributed by atoms with Crippen LogP contribution in [0.1, 0.15) is 32.1 Å². The molecule has 2 saturated heterocycles. The number of hydrogen-bond donors (Lipinski definition) is 0. The molecule has 134 valence electrons. The minimum atomic E-state index is 0.746. The van der Waals surface area contributed by atoms with Crippen LogP contribution in [0.5, 0.6) is 0 Å². The van der Waals surface area contributed by atoms with E-state index in [0.29, 0.717) is 0 Å². The lowest BCUT2D eigenvalue weighted by Crippen LogP contribution is -2.49. The topological polar surface area (TPSA) is 37.2 Å². The largest absolute Gasteiger partial charge is 0.363 e. The minimum Gasteiger partial charge on any atom is -0.363 e. The zero-order chi connectivity index (χ0) is 17.2. The van der Waals surface area contributed by atoms with Crippen LogP contribution in [0, 0.1) is 5.92 Å². The van der Waals surface area contributed by atoms with Crippen LogP contribution in [0.3, 0.4) is 0 Å². The fourth-order valence-corrected chi connectivity index (χ4v) is 4.54. The van der Waals surface area contributed by atoms with Crippen molar-refractivity contribution in [3.05, 3.63) is 30.7 Å². The first-order valence-corrected chi connectivity index (χ1v) is 9.61. The second-order valence-electron chi connectivity index (χ2n) is 7.70. The molecular weight excluding hydrogens is 310 g/mol. The highest BCUT2D eigenvalue weighted by Crippen LogP contribution is 2.32. The molecule has 0 radical (unpaired) electrons. The Kier molecular flexibility index (Phi) is 4.75. The Labute approximate surface area is 150 Å². The van der Waals surface area contributed by atoms with E-state index in [0.717, 1.165) is 35.7 Å². The van der Waals surface area contributed by atoms with Crippen LogP contribution in [-0.2, 0) is 6.54 Å². The van der Waals surface area contributed by atoms with Crippen LogP contribution in [0.25, 0.3) is 11.4 Å². The molecule has 2 aromatic heterocycles. The molecule has 4 rings (SSSR count). The highest BCUT2D eigenvalue weighted by molar-refractivity contribution is 5.56. The lowest BCUT2D eigenvalue weighted by Gasteiger charge is -2.44. The van der Waals surface area contributed by atoms with Gasteiger partial charge < -0.3 is 14.4 Å². The van der Waals surface area contributed by atoms with Crippen molar-refractivity contribution >= 4 is 5.82 Å². The first-order valence-electron chi connectivity index (χ1n) is 9.61. The molecule has 0 saturated carbocycles. The molecule has 2 aliphatic heterocycles. The number of pyridine rings is 1. The quantitative estimate of drug-likeness (QED) is 0.857. The number of piperidine rings is 2. The van der Waals surface area contributed by atoms with Crippen LogP contribution in [0.2, 0.25) is 0 Å². The molecule has 2 aliphatic rings. The van der Waals surface area contributed by atoms with Gasteiger partial charge in [-0.25, -0.2) is 9.97 Å². The Morgan fingerprint density at radius 1 is 1.08 bits per heavy atom. The van der Waals surface area contributed by atoms with Gasteiger partial charge in [0, 0.05) is 50.8 Å². The Morgan fingerprint density at radius 2 is 1.96 bits per heavy atom. The Bertz CT molecular complexity index is 688. The Morgan fingerprint density at radius 3 is 2.76 bits per heavy atom. The summed E-state index contributed by atoms with van der Waals surface area (Å²) in [5, 5.41) is 0. The Balaban J connectivity index is 1.53. The smallest absolute Gasteiger partial charge is 0.141 e. The van der Waals surface area contributed by atoms with Crippen molar-refractivity contribution in [2.45, 2.75) is 44.7 Å². The predicted molar refractivity (Wildman–Crippen MR) is 102 cm³/mol. The number of anilines is 1. The molecule has 0 N–H and O–H groups in total.